The van der Waals surface area contributed by atoms with Gasteiger partial charge in [-0.15, -0.1) is 0 Å². The number of hydrogen-bond acceptors (Lipinski definition) is 4. The average molecular weight is 402 g/mol. The molecular formula is C24H27N5O. The molecule has 0 spiro atoms. The van der Waals surface area contributed by atoms with Crippen molar-refractivity contribution in [2.24, 2.45) is 5.92 Å². The summed E-state index contributed by atoms with van der Waals surface area (Å²) in [6, 6.07) is 16.9. The number of rotatable bonds is 3. The summed E-state index contributed by atoms with van der Waals surface area (Å²) >= 11 is 0. The van der Waals surface area contributed by atoms with Crippen molar-refractivity contribution in [2.75, 3.05) is 39.3 Å². The van der Waals surface area contributed by atoms with E-state index in [0.29, 0.717) is 11.6 Å². The van der Waals surface area contributed by atoms with Crippen molar-refractivity contribution in [1.82, 2.24) is 24.5 Å². The van der Waals surface area contributed by atoms with E-state index in [9.17, 15) is 4.79 Å². The second kappa shape index (κ2) is 6.65. The molecule has 3 aromatic rings. The van der Waals surface area contributed by atoms with Crippen molar-refractivity contribution in [1.29, 1.82) is 0 Å². The van der Waals surface area contributed by atoms with E-state index in [4.69, 9.17) is 0 Å². The van der Waals surface area contributed by atoms with Gasteiger partial charge in [0.25, 0.3) is 5.91 Å². The lowest BCUT2D eigenvalue weighted by molar-refractivity contribution is 0.0179. The fraction of sp³-hybridized carbons (Fsp3) is 0.417. The first kappa shape index (κ1) is 18.1. The predicted molar refractivity (Wildman–Crippen MR) is 116 cm³/mol. The Hall–Kier alpha value is -2.70. The van der Waals surface area contributed by atoms with E-state index in [1.807, 2.05) is 35.7 Å². The van der Waals surface area contributed by atoms with Gasteiger partial charge in [-0.2, -0.15) is 0 Å². The first-order valence-electron chi connectivity index (χ1n) is 10.9. The van der Waals surface area contributed by atoms with Crippen LogP contribution in [0.1, 0.15) is 21.7 Å². The summed E-state index contributed by atoms with van der Waals surface area (Å²) in [6.45, 7) is 8.39. The normalized spacial score (nSPS) is 32.3. The van der Waals surface area contributed by atoms with Gasteiger partial charge in [0, 0.05) is 68.5 Å². The van der Waals surface area contributed by atoms with Gasteiger partial charge in [-0.1, -0.05) is 36.4 Å². The Balaban J connectivity index is 1.38. The zero-order valence-electron chi connectivity index (χ0n) is 17.3. The Bertz CT molecular complexity index is 1090. The van der Waals surface area contributed by atoms with Crippen LogP contribution in [0.15, 0.2) is 54.7 Å². The Morgan fingerprint density at radius 2 is 1.77 bits per heavy atom. The molecule has 0 radical (unpaired) electrons. The van der Waals surface area contributed by atoms with E-state index >= 15 is 0 Å². The van der Waals surface area contributed by atoms with Crippen LogP contribution in [0.25, 0.3) is 5.65 Å². The summed E-state index contributed by atoms with van der Waals surface area (Å²) in [5, 5.41) is 3.46. The molecule has 3 atom stereocenters. The number of aryl methyl sites for hydroxylation is 1. The minimum atomic E-state index is -0.0797. The van der Waals surface area contributed by atoms with Gasteiger partial charge in [0.1, 0.15) is 11.3 Å². The first-order valence-corrected chi connectivity index (χ1v) is 10.9. The number of imidazole rings is 1. The molecule has 1 N–H and O–H groups in total. The van der Waals surface area contributed by atoms with E-state index in [2.05, 4.69) is 50.4 Å². The van der Waals surface area contributed by atoms with Gasteiger partial charge in [-0.25, -0.2) is 4.98 Å². The van der Waals surface area contributed by atoms with Crippen molar-refractivity contribution in [3.05, 3.63) is 71.7 Å². The van der Waals surface area contributed by atoms with E-state index < -0.39 is 0 Å². The van der Waals surface area contributed by atoms with Gasteiger partial charge in [0.05, 0.1) is 0 Å². The lowest BCUT2D eigenvalue weighted by atomic mass is 9.64. The fourth-order valence-corrected chi connectivity index (χ4v) is 6.04. The molecule has 6 heteroatoms. The van der Waals surface area contributed by atoms with Crippen LogP contribution in [0.2, 0.25) is 0 Å². The number of carbonyl (C=O) groups is 1. The molecule has 6 nitrogen and oxygen atoms in total. The maximum Gasteiger partial charge on any atom is 0.271 e. The zero-order chi connectivity index (χ0) is 20.3. The summed E-state index contributed by atoms with van der Waals surface area (Å²) in [5.41, 5.74) is 3.65. The lowest BCUT2D eigenvalue weighted by Crippen LogP contribution is -2.70. The second-order valence-electron chi connectivity index (χ2n) is 9.23. The van der Waals surface area contributed by atoms with Crippen molar-refractivity contribution < 1.29 is 4.79 Å². The van der Waals surface area contributed by atoms with Crippen LogP contribution in [0.4, 0.5) is 0 Å². The van der Waals surface area contributed by atoms with E-state index in [-0.39, 0.29) is 17.4 Å². The summed E-state index contributed by atoms with van der Waals surface area (Å²) in [4.78, 5) is 23.2. The maximum absolute atomic E-state index is 13.4. The van der Waals surface area contributed by atoms with Crippen LogP contribution >= 0.6 is 0 Å². The number of nitrogens with zero attached hydrogens (tertiary/aromatic N) is 4. The van der Waals surface area contributed by atoms with E-state index in [0.717, 1.165) is 50.6 Å². The third kappa shape index (κ3) is 2.71. The number of fused-ring (bicyclic) bond motifs is 2. The minimum Gasteiger partial charge on any atom is -0.347 e. The molecule has 7 rings (SSSR count). The van der Waals surface area contributed by atoms with Crippen molar-refractivity contribution in [3.63, 3.8) is 0 Å². The number of nitrogens with one attached hydrogen (secondary N) is 1. The molecule has 2 aromatic heterocycles. The third-order valence-corrected chi connectivity index (χ3v) is 7.36. The number of carbonyl (C=O) groups excluding carboxylic acids is 1. The van der Waals surface area contributed by atoms with Gasteiger partial charge in [0.2, 0.25) is 0 Å². The number of pyridine rings is 1. The zero-order valence-corrected chi connectivity index (χ0v) is 17.3. The first-order chi connectivity index (χ1) is 14.6. The summed E-state index contributed by atoms with van der Waals surface area (Å²) in [5.74, 6) is 0.368. The number of benzene rings is 1. The van der Waals surface area contributed by atoms with Crippen LogP contribution in [0.5, 0.6) is 0 Å². The highest BCUT2D eigenvalue weighted by Gasteiger charge is 2.55. The Morgan fingerprint density at radius 3 is 2.47 bits per heavy atom. The Morgan fingerprint density at radius 1 is 1.03 bits per heavy atom. The minimum absolute atomic E-state index is 0.0606. The molecule has 0 saturated carbocycles. The number of aromatic nitrogens is 2. The predicted octanol–water partition coefficient (Wildman–Crippen LogP) is 1.94. The quantitative estimate of drug-likeness (QED) is 0.729. The molecule has 2 unspecified atom stereocenters. The molecule has 4 aliphatic heterocycles. The molecule has 30 heavy (non-hydrogen) atoms. The second-order valence-corrected chi connectivity index (χ2v) is 9.23. The van der Waals surface area contributed by atoms with E-state index in [1.54, 1.807) is 0 Å². The molecule has 1 amide bonds. The van der Waals surface area contributed by atoms with Crippen molar-refractivity contribution in [2.45, 2.75) is 18.4 Å². The smallest absolute Gasteiger partial charge is 0.271 e. The highest BCUT2D eigenvalue weighted by Crippen LogP contribution is 2.43. The lowest BCUT2D eigenvalue weighted by Gasteiger charge is -2.55. The number of piperidine rings is 2. The van der Waals surface area contributed by atoms with Gasteiger partial charge in [0.15, 0.2) is 0 Å². The fourth-order valence-electron chi connectivity index (χ4n) is 6.04. The topological polar surface area (TPSA) is 52.9 Å². The molecule has 154 valence electrons. The summed E-state index contributed by atoms with van der Waals surface area (Å²) < 4.78 is 1.99. The van der Waals surface area contributed by atoms with E-state index in [1.165, 1.54) is 5.56 Å². The average Bonchev–Trinajstić information content (AvgIpc) is 3.05. The number of amides is 1. The highest BCUT2D eigenvalue weighted by molar-refractivity contribution is 5.93. The number of hydrogen-bond donors (Lipinski definition) is 1. The molecule has 6 heterocycles. The largest absolute Gasteiger partial charge is 0.347 e. The monoisotopic (exact) mass is 401 g/mol. The molecule has 1 aromatic carbocycles. The van der Waals surface area contributed by atoms with Crippen molar-refractivity contribution in [3.8, 4) is 0 Å². The van der Waals surface area contributed by atoms with Gasteiger partial charge < -0.3 is 19.5 Å². The van der Waals surface area contributed by atoms with Gasteiger partial charge >= 0.3 is 0 Å². The van der Waals surface area contributed by atoms with Gasteiger partial charge in [-0.3, -0.25) is 4.79 Å². The summed E-state index contributed by atoms with van der Waals surface area (Å²) in [7, 11) is 0. The summed E-state index contributed by atoms with van der Waals surface area (Å²) in [6.07, 6.45) is 1.87. The maximum atomic E-state index is 13.4. The third-order valence-electron chi connectivity index (χ3n) is 7.36. The highest BCUT2D eigenvalue weighted by atomic mass is 16.2. The Kier molecular flexibility index (Phi) is 4.01. The van der Waals surface area contributed by atoms with Crippen molar-refractivity contribution >= 4 is 11.6 Å². The van der Waals surface area contributed by atoms with Crippen LogP contribution in [0, 0.1) is 12.8 Å². The Labute approximate surface area is 176 Å². The molecular weight excluding hydrogens is 374 g/mol. The molecule has 4 fully saturated rings. The van der Waals surface area contributed by atoms with Crippen LogP contribution in [-0.4, -0.2) is 70.4 Å². The molecule has 0 aliphatic carbocycles. The molecule has 4 aliphatic rings. The SMILES string of the molecule is Cc1cccc2nc(C(=O)N[C@H]3C4CN5CCN(C4)CC3(c3ccccc3)C5)cn12. The molecule has 4 saturated heterocycles. The van der Waals surface area contributed by atoms with Gasteiger partial charge in [-0.05, 0) is 24.6 Å². The van der Waals surface area contributed by atoms with Crippen LogP contribution in [0.3, 0.4) is 0 Å². The van der Waals surface area contributed by atoms with Crippen LogP contribution < -0.4 is 5.32 Å². The molecule has 4 bridgehead atoms. The van der Waals surface area contributed by atoms with Crippen LogP contribution in [-0.2, 0) is 5.41 Å². The standard InChI is InChI=1S/C24H27N5O/c1-17-6-5-9-21-25-20(14-29(17)21)23(30)26-22-18-12-27-10-11-28(13-18)16-24(22,15-27)19-7-3-2-4-8-19/h2-9,14,18,22H,10-13,15-16H2,1H3,(H,26,30)/t18?,22-,24?/m0/s1.